The van der Waals surface area contributed by atoms with Crippen LogP contribution in [0, 0.1) is 5.92 Å². The molecule has 1 aliphatic heterocycles. The van der Waals surface area contributed by atoms with Gasteiger partial charge in [0.25, 0.3) is 0 Å². The highest BCUT2D eigenvalue weighted by atomic mass is 16.4. The zero-order valence-corrected chi connectivity index (χ0v) is 11.6. The highest BCUT2D eigenvalue weighted by molar-refractivity contribution is 5.87. The number of nitrogens with zero attached hydrogens (tertiary/aromatic N) is 1. The number of hydrogen-bond acceptors (Lipinski definition) is 2. The lowest BCUT2D eigenvalue weighted by molar-refractivity contribution is 0.0697. The lowest BCUT2D eigenvalue weighted by Crippen LogP contribution is -2.38. The molecule has 2 rings (SSSR count). The Balaban J connectivity index is 1.88. The Labute approximate surface area is 118 Å². The van der Waals surface area contributed by atoms with Gasteiger partial charge in [0, 0.05) is 19.6 Å². The molecule has 1 heterocycles. The number of amides is 2. The zero-order chi connectivity index (χ0) is 14.5. The van der Waals surface area contributed by atoms with Crippen LogP contribution < -0.4 is 5.32 Å². The first kappa shape index (κ1) is 14.4. The predicted molar refractivity (Wildman–Crippen MR) is 75.9 cm³/mol. The minimum absolute atomic E-state index is 0.0104. The summed E-state index contributed by atoms with van der Waals surface area (Å²) in [6, 6.07) is 7.00. The number of carbonyl (C=O) groups excluding carboxylic acids is 1. The van der Waals surface area contributed by atoms with Crippen molar-refractivity contribution in [1.82, 2.24) is 10.2 Å². The van der Waals surface area contributed by atoms with Crippen molar-refractivity contribution in [3.8, 4) is 0 Å². The molecule has 0 aliphatic carbocycles. The van der Waals surface area contributed by atoms with E-state index in [1.807, 2.05) is 24.0 Å². The zero-order valence-electron chi connectivity index (χ0n) is 11.6. The Morgan fingerprint density at radius 2 is 2.05 bits per heavy atom. The molecule has 2 amide bonds. The Bertz CT molecular complexity index is 484. The van der Waals surface area contributed by atoms with E-state index in [2.05, 4.69) is 5.32 Å². The van der Waals surface area contributed by atoms with Gasteiger partial charge in [0.15, 0.2) is 0 Å². The quantitative estimate of drug-likeness (QED) is 0.883. The van der Waals surface area contributed by atoms with Gasteiger partial charge in [-0.3, -0.25) is 0 Å². The van der Waals surface area contributed by atoms with Gasteiger partial charge in [-0.1, -0.05) is 12.1 Å². The largest absolute Gasteiger partial charge is 0.478 e. The lowest BCUT2D eigenvalue weighted by Gasteiger charge is -2.16. The van der Waals surface area contributed by atoms with Crippen LogP contribution in [-0.2, 0) is 6.42 Å². The van der Waals surface area contributed by atoms with E-state index in [9.17, 15) is 9.59 Å². The molecule has 2 N–H and O–H groups in total. The lowest BCUT2D eigenvalue weighted by atomic mass is 9.98. The van der Waals surface area contributed by atoms with Crippen LogP contribution in [0.3, 0.4) is 0 Å². The second-order valence-electron chi connectivity index (χ2n) is 5.14. The minimum atomic E-state index is -0.903. The summed E-state index contributed by atoms with van der Waals surface area (Å²) >= 11 is 0. The van der Waals surface area contributed by atoms with Gasteiger partial charge in [-0.25, -0.2) is 9.59 Å². The van der Waals surface area contributed by atoms with Crippen LogP contribution in [-0.4, -0.2) is 41.6 Å². The molecule has 1 aliphatic rings. The van der Waals surface area contributed by atoms with E-state index in [1.54, 1.807) is 12.1 Å². The van der Waals surface area contributed by atoms with Gasteiger partial charge in [0.2, 0.25) is 0 Å². The third kappa shape index (κ3) is 3.50. The Kier molecular flexibility index (Phi) is 4.61. The van der Waals surface area contributed by atoms with Crippen molar-refractivity contribution in [3.05, 3.63) is 35.4 Å². The molecule has 0 spiro atoms. The van der Waals surface area contributed by atoms with Gasteiger partial charge in [-0.05, 0) is 43.4 Å². The molecule has 5 nitrogen and oxygen atoms in total. The standard InChI is InChI=1S/C15H20N2O3/c1-2-16-15(20)17-8-7-12(10-17)9-11-3-5-13(6-4-11)14(18)19/h3-6,12H,2,7-10H2,1H3,(H,16,20)(H,18,19)/t12-/m1/s1. The Morgan fingerprint density at radius 1 is 1.35 bits per heavy atom. The summed E-state index contributed by atoms with van der Waals surface area (Å²) in [5.74, 6) is -0.451. The van der Waals surface area contributed by atoms with Crippen molar-refractivity contribution in [2.75, 3.05) is 19.6 Å². The SMILES string of the molecule is CCNC(=O)N1CC[C@H](Cc2ccc(C(=O)O)cc2)C1. The fourth-order valence-electron chi connectivity index (χ4n) is 2.56. The van der Waals surface area contributed by atoms with Crippen molar-refractivity contribution in [1.29, 1.82) is 0 Å². The van der Waals surface area contributed by atoms with E-state index in [0.717, 1.165) is 31.5 Å². The smallest absolute Gasteiger partial charge is 0.335 e. The summed E-state index contributed by atoms with van der Waals surface area (Å²) in [4.78, 5) is 24.3. The molecule has 1 aromatic rings. The predicted octanol–water partition coefficient (Wildman–Crippen LogP) is 1.98. The number of carboxylic acids is 1. The summed E-state index contributed by atoms with van der Waals surface area (Å²) in [6.07, 6.45) is 1.88. The van der Waals surface area contributed by atoms with E-state index >= 15 is 0 Å². The summed E-state index contributed by atoms with van der Waals surface area (Å²) < 4.78 is 0. The van der Waals surface area contributed by atoms with E-state index in [1.165, 1.54) is 0 Å². The molecule has 0 bridgehead atoms. The molecule has 20 heavy (non-hydrogen) atoms. The Hall–Kier alpha value is -2.04. The van der Waals surface area contributed by atoms with Gasteiger partial charge in [0.1, 0.15) is 0 Å². The van der Waals surface area contributed by atoms with Crippen LogP contribution in [0.5, 0.6) is 0 Å². The molecule has 0 radical (unpaired) electrons. The van der Waals surface area contributed by atoms with Crippen LogP contribution in [0.1, 0.15) is 29.3 Å². The number of hydrogen-bond donors (Lipinski definition) is 2. The van der Waals surface area contributed by atoms with Crippen molar-refractivity contribution in [3.63, 3.8) is 0 Å². The number of aromatic carboxylic acids is 1. The van der Waals surface area contributed by atoms with Gasteiger partial charge in [0.05, 0.1) is 5.56 Å². The number of nitrogens with one attached hydrogen (secondary N) is 1. The highest BCUT2D eigenvalue weighted by Crippen LogP contribution is 2.21. The number of carboxylic acid groups (broad SMARTS) is 1. The highest BCUT2D eigenvalue weighted by Gasteiger charge is 2.25. The normalized spacial score (nSPS) is 18.1. The first-order chi connectivity index (χ1) is 9.60. The van der Waals surface area contributed by atoms with Crippen molar-refractivity contribution < 1.29 is 14.7 Å². The second-order valence-corrected chi connectivity index (χ2v) is 5.14. The summed E-state index contributed by atoms with van der Waals surface area (Å²) in [5, 5.41) is 11.7. The van der Waals surface area contributed by atoms with Gasteiger partial charge >= 0.3 is 12.0 Å². The first-order valence-corrected chi connectivity index (χ1v) is 6.95. The van der Waals surface area contributed by atoms with E-state index < -0.39 is 5.97 Å². The molecular weight excluding hydrogens is 256 g/mol. The topological polar surface area (TPSA) is 69.6 Å². The average Bonchev–Trinajstić information content (AvgIpc) is 2.88. The molecule has 1 fully saturated rings. The van der Waals surface area contributed by atoms with Crippen LogP contribution >= 0.6 is 0 Å². The number of carbonyl (C=O) groups is 2. The number of likely N-dealkylation sites (tertiary alicyclic amines) is 1. The summed E-state index contributed by atoms with van der Waals surface area (Å²) in [7, 11) is 0. The molecule has 1 aromatic carbocycles. The molecule has 1 saturated heterocycles. The fourth-order valence-corrected chi connectivity index (χ4v) is 2.56. The third-order valence-electron chi connectivity index (χ3n) is 3.63. The second kappa shape index (κ2) is 6.41. The monoisotopic (exact) mass is 276 g/mol. The van der Waals surface area contributed by atoms with Gasteiger partial charge in [-0.2, -0.15) is 0 Å². The number of benzene rings is 1. The minimum Gasteiger partial charge on any atom is -0.478 e. The maximum Gasteiger partial charge on any atom is 0.335 e. The molecule has 0 aromatic heterocycles. The summed E-state index contributed by atoms with van der Waals surface area (Å²) in [5.41, 5.74) is 1.43. The van der Waals surface area contributed by atoms with Crippen LogP contribution in [0.15, 0.2) is 24.3 Å². The van der Waals surface area contributed by atoms with Crippen LogP contribution in [0.2, 0.25) is 0 Å². The maximum atomic E-state index is 11.7. The third-order valence-corrected chi connectivity index (χ3v) is 3.63. The van der Waals surface area contributed by atoms with Gasteiger partial charge < -0.3 is 15.3 Å². The molecule has 1 atom stereocenters. The van der Waals surface area contributed by atoms with Crippen LogP contribution in [0.25, 0.3) is 0 Å². The number of rotatable bonds is 4. The average molecular weight is 276 g/mol. The van der Waals surface area contributed by atoms with Crippen molar-refractivity contribution >= 4 is 12.0 Å². The Morgan fingerprint density at radius 3 is 2.65 bits per heavy atom. The molecule has 0 saturated carbocycles. The van der Waals surface area contributed by atoms with Crippen molar-refractivity contribution in [2.45, 2.75) is 19.8 Å². The molecule has 5 heteroatoms. The van der Waals surface area contributed by atoms with Crippen LogP contribution in [0.4, 0.5) is 4.79 Å². The summed E-state index contributed by atoms with van der Waals surface area (Å²) in [6.45, 7) is 4.13. The fraction of sp³-hybridized carbons (Fsp3) is 0.467. The maximum absolute atomic E-state index is 11.7. The van der Waals surface area contributed by atoms with E-state index in [4.69, 9.17) is 5.11 Å². The molecular formula is C15H20N2O3. The molecule has 0 unspecified atom stereocenters. The van der Waals surface area contributed by atoms with E-state index in [-0.39, 0.29) is 6.03 Å². The number of urea groups is 1. The first-order valence-electron chi connectivity index (χ1n) is 6.95. The van der Waals surface area contributed by atoms with Gasteiger partial charge in [-0.15, -0.1) is 0 Å². The molecule has 108 valence electrons. The van der Waals surface area contributed by atoms with Crippen molar-refractivity contribution in [2.24, 2.45) is 5.92 Å². The van der Waals surface area contributed by atoms with E-state index in [0.29, 0.717) is 18.0 Å².